The number of ether oxygens (including phenoxy) is 1. The van der Waals surface area contributed by atoms with Crippen molar-refractivity contribution in [3.05, 3.63) is 49.0 Å². The largest absolute Gasteiger partial charge is 0.487 e. The van der Waals surface area contributed by atoms with Gasteiger partial charge in [0.15, 0.2) is 0 Å². The third-order valence-corrected chi connectivity index (χ3v) is 5.13. The molecular formula is C16H19Br2NOS. The molecule has 0 aliphatic carbocycles. The van der Waals surface area contributed by atoms with E-state index in [-0.39, 0.29) is 0 Å². The molecule has 1 N–H and O–H groups in total. The standard InChI is InChI=1S/C16H19Br2NOS/c1-11(2)8-19-9-12-4-3-5-14(17)16(12)20-10-13-6-7-15(18)21-13/h3-7,11,19H,8-10H2,1-2H3. The van der Waals surface area contributed by atoms with Gasteiger partial charge in [-0.15, -0.1) is 11.3 Å². The molecule has 1 aromatic carbocycles. The molecule has 0 unspecified atom stereocenters. The first-order valence-electron chi connectivity index (χ1n) is 6.91. The molecule has 0 atom stereocenters. The molecule has 0 saturated carbocycles. The Balaban J connectivity index is 2.02. The van der Waals surface area contributed by atoms with Gasteiger partial charge >= 0.3 is 0 Å². The monoisotopic (exact) mass is 431 g/mol. The Morgan fingerprint density at radius 2 is 2.00 bits per heavy atom. The van der Waals surface area contributed by atoms with Gasteiger partial charge in [0.05, 0.1) is 8.26 Å². The number of nitrogens with one attached hydrogen (secondary N) is 1. The highest BCUT2D eigenvalue weighted by Gasteiger charge is 2.09. The Morgan fingerprint density at radius 1 is 1.19 bits per heavy atom. The highest BCUT2D eigenvalue weighted by atomic mass is 79.9. The molecule has 2 aromatic rings. The van der Waals surface area contributed by atoms with Gasteiger partial charge in [-0.05, 0) is 62.5 Å². The average Bonchev–Trinajstić information content (AvgIpc) is 2.83. The van der Waals surface area contributed by atoms with Crippen LogP contribution in [0.25, 0.3) is 0 Å². The highest BCUT2D eigenvalue weighted by molar-refractivity contribution is 9.11. The summed E-state index contributed by atoms with van der Waals surface area (Å²) < 4.78 is 8.16. The molecule has 5 heteroatoms. The van der Waals surface area contributed by atoms with E-state index in [9.17, 15) is 0 Å². The molecule has 2 rings (SSSR count). The molecular weight excluding hydrogens is 414 g/mol. The van der Waals surface area contributed by atoms with E-state index < -0.39 is 0 Å². The summed E-state index contributed by atoms with van der Waals surface area (Å²) in [5, 5.41) is 3.47. The molecule has 0 amide bonds. The first-order chi connectivity index (χ1) is 10.1. The Bertz CT molecular complexity index is 583. The summed E-state index contributed by atoms with van der Waals surface area (Å²) >= 11 is 8.77. The Hall–Kier alpha value is -0.360. The molecule has 0 radical (unpaired) electrons. The lowest BCUT2D eigenvalue weighted by Crippen LogP contribution is -2.19. The number of rotatable bonds is 7. The van der Waals surface area contributed by atoms with Gasteiger partial charge in [-0.2, -0.15) is 0 Å². The summed E-state index contributed by atoms with van der Waals surface area (Å²) in [5.41, 5.74) is 1.18. The number of hydrogen-bond acceptors (Lipinski definition) is 3. The Morgan fingerprint density at radius 3 is 2.67 bits per heavy atom. The number of halogens is 2. The minimum atomic E-state index is 0.593. The maximum Gasteiger partial charge on any atom is 0.138 e. The minimum absolute atomic E-state index is 0.593. The zero-order chi connectivity index (χ0) is 15.2. The maximum absolute atomic E-state index is 6.03. The van der Waals surface area contributed by atoms with Crippen molar-refractivity contribution in [2.24, 2.45) is 5.92 Å². The van der Waals surface area contributed by atoms with Crippen LogP contribution in [0.15, 0.2) is 38.6 Å². The van der Waals surface area contributed by atoms with Crippen LogP contribution < -0.4 is 10.1 Å². The van der Waals surface area contributed by atoms with Crippen molar-refractivity contribution in [2.75, 3.05) is 6.54 Å². The number of hydrogen-bond donors (Lipinski definition) is 1. The fourth-order valence-electron chi connectivity index (χ4n) is 1.92. The van der Waals surface area contributed by atoms with E-state index in [0.717, 1.165) is 27.1 Å². The smallest absolute Gasteiger partial charge is 0.138 e. The van der Waals surface area contributed by atoms with E-state index >= 15 is 0 Å². The summed E-state index contributed by atoms with van der Waals surface area (Å²) in [6.07, 6.45) is 0. The fraction of sp³-hybridized carbons (Fsp3) is 0.375. The van der Waals surface area contributed by atoms with Gasteiger partial charge in [-0.25, -0.2) is 0 Å². The lowest BCUT2D eigenvalue weighted by Gasteiger charge is -2.14. The second-order valence-corrected chi connectivity index (χ2v) is 8.65. The third-order valence-electron chi connectivity index (χ3n) is 2.90. The van der Waals surface area contributed by atoms with E-state index in [1.807, 2.05) is 12.1 Å². The van der Waals surface area contributed by atoms with Crippen LogP contribution in [0.3, 0.4) is 0 Å². The molecule has 114 valence electrons. The Kier molecular flexibility index (Phi) is 6.74. The van der Waals surface area contributed by atoms with E-state index in [0.29, 0.717) is 12.5 Å². The van der Waals surface area contributed by atoms with E-state index in [1.165, 1.54) is 10.4 Å². The van der Waals surface area contributed by atoms with Crippen molar-refractivity contribution < 1.29 is 4.74 Å². The predicted molar refractivity (Wildman–Crippen MR) is 97.0 cm³/mol. The van der Waals surface area contributed by atoms with Gasteiger partial charge in [0.25, 0.3) is 0 Å². The summed E-state index contributed by atoms with van der Waals surface area (Å²) in [5.74, 6) is 1.57. The average molecular weight is 433 g/mol. The summed E-state index contributed by atoms with van der Waals surface area (Å²) in [4.78, 5) is 1.21. The zero-order valence-electron chi connectivity index (χ0n) is 12.2. The van der Waals surface area contributed by atoms with Gasteiger partial charge in [0.2, 0.25) is 0 Å². The van der Waals surface area contributed by atoms with Crippen LogP contribution in [0.4, 0.5) is 0 Å². The lowest BCUT2D eigenvalue weighted by molar-refractivity contribution is 0.303. The van der Waals surface area contributed by atoms with Gasteiger partial charge in [0, 0.05) is 17.0 Å². The van der Waals surface area contributed by atoms with Crippen LogP contribution in [0.5, 0.6) is 5.75 Å². The van der Waals surface area contributed by atoms with Crippen molar-refractivity contribution in [3.63, 3.8) is 0 Å². The highest BCUT2D eigenvalue weighted by Crippen LogP contribution is 2.31. The molecule has 2 nitrogen and oxygen atoms in total. The van der Waals surface area contributed by atoms with E-state index in [1.54, 1.807) is 11.3 Å². The zero-order valence-corrected chi connectivity index (χ0v) is 16.1. The molecule has 0 spiro atoms. The van der Waals surface area contributed by atoms with E-state index in [4.69, 9.17) is 4.74 Å². The second-order valence-electron chi connectivity index (χ2n) is 5.25. The first-order valence-corrected chi connectivity index (χ1v) is 9.31. The van der Waals surface area contributed by atoms with Crippen LogP contribution in [0, 0.1) is 5.92 Å². The Labute approximate surface area is 147 Å². The summed E-state index contributed by atoms with van der Waals surface area (Å²) in [7, 11) is 0. The van der Waals surface area contributed by atoms with Crippen molar-refractivity contribution in [3.8, 4) is 5.75 Å². The molecule has 0 aliphatic heterocycles. The number of para-hydroxylation sites is 1. The van der Waals surface area contributed by atoms with Crippen molar-refractivity contribution in [2.45, 2.75) is 27.0 Å². The molecule has 1 aromatic heterocycles. The molecule has 21 heavy (non-hydrogen) atoms. The number of benzene rings is 1. The second kappa shape index (κ2) is 8.32. The van der Waals surface area contributed by atoms with Gasteiger partial charge < -0.3 is 10.1 Å². The SMILES string of the molecule is CC(C)CNCc1cccc(Br)c1OCc1ccc(Br)s1. The third kappa shape index (κ3) is 5.40. The summed E-state index contributed by atoms with van der Waals surface area (Å²) in [6.45, 7) is 6.83. The van der Waals surface area contributed by atoms with Crippen LogP contribution in [0.1, 0.15) is 24.3 Å². The fourth-order valence-corrected chi connectivity index (χ4v) is 3.84. The lowest BCUT2D eigenvalue weighted by atomic mass is 10.2. The van der Waals surface area contributed by atoms with Gasteiger partial charge in [-0.1, -0.05) is 26.0 Å². The van der Waals surface area contributed by atoms with Gasteiger partial charge in [0.1, 0.15) is 12.4 Å². The minimum Gasteiger partial charge on any atom is -0.487 e. The van der Waals surface area contributed by atoms with Crippen LogP contribution >= 0.6 is 43.2 Å². The quantitative estimate of drug-likeness (QED) is 0.614. The van der Waals surface area contributed by atoms with Crippen molar-refractivity contribution >= 4 is 43.2 Å². The molecule has 0 saturated heterocycles. The number of thiophene rings is 1. The van der Waals surface area contributed by atoms with Crippen LogP contribution in [0.2, 0.25) is 0 Å². The topological polar surface area (TPSA) is 21.3 Å². The summed E-state index contributed by atoms with van der Waals surface area (Å²) in [6, 6.07) is 10.3. The van der Waals surface area contributed by atoms with Gasteiger partial charge in [-0.3, -0.25) is 0 Å². The first kappa shape index (κ1) is 17.0. The van der Waals surface area contributed by atoms with Crippen molar-refractivity contribution in [1.82, 2.24) is 5.32 Å². The molecule has 0 bridgehead atoms. The molecule has 0 aliphatic rings. The predicted octanol–water partition coefficient (Wildman–Crippen LogP) is 5.60. The molecule has 1 heterocycles. The van der Waals surface area contributed by atoms with Crippen LogP contribution in [-0.4, -0.2) is 6.54 Å². The maximum atomic E-state index is 6.03. The van der Waals surface area contributed by atoms with Crippen molar-refractivity contribution in [1.29, 1.82) is 0 Å². The van der Waals surface area contributed by atoms with Crippen LogP contribution in [-0.2, 0) is 13.2 Å². The molecule has 0 fully saturated rings. The normalized spacial score (nSPS) is 11.1. The van der Waals surface area contributed by atoms with E-state index in [2.05, 4.69) is 69.2 Å².